The first-order valence-electron chi connectivity index (χ1n) is 11.5. The van der Waals surface area contributed by atoms with Crippen molar-refractivity contribution < 1.29 is 27.5 Å². The van der Waals surface area contributed by atoms with E-state index in [1.807, 2.05) is 4.90 Å². The summed E-state index contributed by atoms with van der Waals surface area (Å²) in [6.07, 6.45) is -2.46. The Morgan fingerprint density at radius 2 is 1.91 bits per heavy atom. The number of alkyl halides is 3. The van der Waals surface area contributed by atoms with Crippen LogP contribution in [0.2, 0.25) is 5.02 Å². The van der Waals surface area contributed by atoms with Crippen LogP contribution in [0, 0.1) is 0 Å². The predicted molar refractivity (Wildman–Crippen MR) is 120 cm³/mol. The van der Waals surface area contributed by atoms with Gasteiger partial charge in [0.15, 0.2) is 5.69 Å². The number of nitrogens with one attached hydrogen (secondary N) is 1. The van der Waals surface area contributed by atoms with E-state index in [1.54, 1.807) is 10.7 Å². The smallest absolute Gasteiger partial charge is 0.416 e. The molecule has 0 atom stereocenters. The maximum atomic E-state index is 13.0. The van der Waals surface area contributed by atoms with Crippen molar-refractivity contribution in [1.29, 1.82) is 0 Å². The number of carbonyl (C=O) groups is 2. The second-order valence-corrected chi connectivity index (χ2v) is 9.79. The molecular weight excluding hydrogens is 487 g/mol. The maximum absolute atomic E-state index is 13.0. The van der Waals surface area contributed by atoms with Crippen molar-refractivity contribution in [1.82, 2.24) is 24.9 Å². The first kappa shape index (κ1) is 23.9. The van der Waals surface area contributed by atoms with E-state index in [0.717, 1.165) is 31.5 Å². The Morgan fingerprint density at radius 1 is 1.11 bits per heavy atom. The molecule has 2 aromatic rings. The summed E-state index contributed by atoms with van der Waals surface area (Å²) in [5, 5.41) is 7.88. The molecule has 188 valence electrons. The summed E-state index contributed by atoms with van der Waals surface area (Å²) >= 11 is 5.81. The molecule has 8 nitrogen and oxygen atoms in total. The molecular formula is C23H25ClF3N5O3. The third-order valence-electron chi connectivity index (χ3n) is 6.65. The van der Waals surface area contributed by atoms with Gasteiger partial charge < -0.3 is 19.9 Å². The van der Waals surface area contributed by atoms with Gasteiger partial charge in [0, 0.05) is 43.3 Å². The summed E-state index contributed by atoms with van der Waals surface area (Å²) in [4.78, 5) is 29.0. The first-order chi connectivity index (χ1) is 16.6. The monoisotopic (exact) mass is 511 g/mol. The van der Waals surface area contributed by atoms with Crippen molar-refractivity contribution in [2.75, 3.05) is 26.2 Å². The molecule has 2 fully saturated rings. The van der Waals surface area contributed by atoms with Crippen molar-refractivity contribution in [2.24, 2.45) is 0 Å². The van der Waals surface area contributed by atoms with Gasteiger partial charge in [0.2, 0.25) is 0 Å². The number of aryl methyl sites for hydroxylation is 1. The average Bonchev–Trinajstić information content (AvgIpc) is 3.49. The Morgan fingerprint density at radius 3 is 2.66 bits per heavy atom. The fourth-order valence-corrected chi connectivity index (χ4v) is 4.89. The molecule has 3 heterocycles. The lowest BCUT2D eigenvalue weighted by atomic mass is 10.1. The summed E-state index contributed by atoms with van der Waals surface area (Å²) in [5.74, 6) is -0.117. The number of rotatable bonds is 3. The Bertz CT molecular complexity index is 1150. The fourth-order valence-electron chi connectivity index (χ4n) is 4.63. The van der Waals surface area contributed by atoms with Gasteiger partial charge in [0.05, 0.1) is 17.8 Å². The standard InChI is InChI=1S/C23H25ClF3N5O3/c24-17-9-15(8-16(10-17)23(25,26)27)13-35-21(34)30-5-1-6-32-18(12-30)11-19(29-32)20(33)31-7-4-28-22(14-31)2-3-22/h8-11,28H,1-7,12-14H2. The van der Waals surface area contributed by atoms with E-state index in [4.69, 9.17) is 16.3 Å². The van der Waals surface area contributed by atoms with Crippen molar-refractivity contribution in [3.05, 3.63) is 51.8 Å². The Hall–Kier alpha value is -2.79. The van der Waals surface area contributed by atoms with Crippen LogP contribution in [0.1, 0.15) is 46.6 Å². The van der Waals surface area contributed by atoms with Crippen molar-refractivity contribution in [3.63, 3.8) is 0 Å². The molecule has 1 aromatic heterocycles. The van der Waals surface area contributed by atoms with E-state index in [-0.39, 0.29) is 35.2 Å². The number of nitrogens with zero attached hydrogens (tertiary/aromatic N) is 4. The van der Waals surface area contributed by atoms with E-state index in [2.05, 4.69) is 10.4 Å². The maximum Gasteiger partial charge on any atom is 0.416 e. The molecule has 3 aliphatic rings. The molecule has 2 aliphatic heterocycles. The normalized spacial score (nSPS) is 19.3. The van der Waals surface area contributed by atoms with E-state index in [1.165, 1.54) is 11.0 Å². The topological polar surface area (TPSA) is 79.7 Å². The minimum atomic E-state index is -4.55. The van der Waals surface area contributed by atoms with Crippen LogP contribution in [0.25, 0.3) is 0 Å². The molecule has 1 saturated heterocycles. The van der Waals surface area contributed by atoms with Gasteiger partial charge in [0.1, 0.15) is 6.61 Å². The number of halogens is 4. The zero-order valence-electron chi connectivity index (χ0n) is 18.9. The van der Waals surface area contributed by atoms with E-state index in [0.29, 0.717) is 44.0 Å². The highest BCUT2D eigenvalue weighted by Gasteiger charge is 2.46. The first-order valence-corrected chi connectivity index (χ1v) is 11.9. The Labute approximate surface area is 204 Å². The van der Waals surface area contributed by atoms with Gasteiger partial charge in [-0.15, -0.1) is 0 Å². The third-order valence-corrected chi connectivity index (χ3v) is 6.87. The van der Waals surface area contributed by atoms with Gasteiger partial charge in [-0.3, -0.25) is 9.48 Å². The number of fused-ring (bicyclic) bond motifs is 1. The van der Waals surface area contributed by atoms with Gasteiger partial charge in [0.25, 0.3) is 5.91 Å². The summed E-state index contributed by atoms with van der Waals surface area (Å²) in [7, 11) is 0. The molecule has 1 saturated carbocycles. The molecule has 2 amide bonds. The van der Waals surface area contributed by atoms with Crippen molar-refractivity contribution in [2.45, 2.75) is 50.7 Å². The van der Waals surface area contributed by atoms with Crippen LogP contribution in [0.3, 0.4) is 0 Å². The molecule has 12 heteroatoms. The SMILES string of the molecule is O=C(OCc1cc(Cl)cc(C(F)(F)F)c1)N1CCCn2nc(C(=O)N3CCNC4(CC4)C3)cc2C1. The van der Waals surface area contributed by atoms with Gasteiger partial charge in [-0.2, -0.15) is 18.3 Å². The van der Waals surface area contributed by atoms with Crippen LogP contribution >= 0.6 is 11.6 Å². The van der Waals surface area contributed by atoms with E-state index < -0.39 is 17.8 Å². The quantitative estimate of drug-likeness (QED) is 0.680. The molecule has 1 N–H and O–H groups in total. The van der Waals surface area contributed by atoms with Gasteiger partial charge in [-0.25, -0.2) is 4.79 Å². The lowest BCUT2D eigenvalue weighted by Gasteiger charge is -2.33. The summed E-state index contributed by atoms with van der Waals surface area (Å²) in [5.41, 5.74) is 0.377. The predicted octanol–water partition coefficient (Wildman–Crippen LogP) is 3.68. The second-order valence-electron chi connectivity index (χ2n) is 9.35. The van der Waals surface area contributed by atoms with Gasteiger partial charge in [-0.1, -0.05) is 11.6 Å². The van der Waals surface area contributed by atoms with Crippen LogP contribution in [-0.4, -0.2) is 63.3 Å². The summed E-state index contributed by atoms with van der Waals surface area (Å²) in [6.45, 7) is 2.85. The van der Waals surface area contributed by atoms with E-state index in [9.17, 15) is 22.8 Å². The fraction of sp³-hybridized carbons (Fsp3) is 0.522. The van der Waals surface area contributed by atoms with Gasteiger partial charge in [-0.05, 0) is 49.1 Å². The Balaban J connectivity index is 1.23. The number of ether oxygens (including phenoxy) is 1. The number of carbonyl (C=O) groups excluding carboxylic acids is 2. The highest BCUT2D eigenvalue weighted by molar-refractivity contribution is 6.30. The third kappa shape index (κ3) is 5.25. The number of aromatic nitrogens is 2. The van der Waals surface area contributed by atoms with Crippen molar-refractivity contribution in [3.8, 4) is 0 Å². The van der Waals surface area contributed by atoms with Crippen LogP contribution in [0.4, 0.5) is 18.0 Å². The molecule has 5 rings (SSSR count). The zero-order valence-corrected chi connectivity index (χ0v) is 19.7. The van der Waals surface area contributed by atoms with E-state index >= 15 is 0 Å². The Kier molecular flexibility index (Phi) is 6.16. The molecule has 1 aliphatic carbocycles. The molecule has 35 heavy (non-hydrogen) atoms. The number of amides is 2. The van der Waals surface area contributed by atoms with Crippen LogP contribution in [0.5, 0.6) is 0 Å². The molecule has 0 unspecified atom stereocenters. The number of piperazine rings is 1. The highest BCUT2D eigenvalue weighted by Crippen LogP contribution is 2.38. The number of hydrogen-bond acceptors (Lipinski definition) is 5. The largest absolute Gasteiger partial charge is 0.445 e. The molecule has 1 aromatic carbocycles. The number of benzene rings is 1. The number of hydrogen-bond donors (Lipinski definition) is 1. The molecule has 0 radical (unpaired) electrons. The van der Waals surface area contributed by atoms with Gasteiger partial charge >= 0.3 is 12.3 Å². The van der Waals surface area contributed by atoms with Crippen LogP contribution < -0.4 is 5.32 Å². The molecule has 1 spiro atoms. The van der Waals surface area contributed by atoms with Crippen LogP contribution in [-0.2, 0) is 30.6 Å². The minimum absolute atomic E-state index is 0.0646. The minimum Gasteiger partial charge on any atom is -0.445 e. The summed E-state index contributed by atoms with van der Waals surface area (Å²) < 4.78 is 46.1. The average molecular weight is 512 g/mol. The molecule has 0 bridgehead atoms. The highest BCUT2D eigenvalue weighted by atomic mass is 35.5. The lowest BCUT2D eigenvalue weighted by molar-refractivity contribution is -0.137. The lowest BCUT2D eigenvalue weighted by Crippen LogP contribution is -2.54. The van der Waals surface area contributed by atoms with Crippen LogP contribution in [0.15, 0.2) is 24.3 Å². The van der Waals surface area contributed by atoms with Crippen molar-refractivity contribution >= 4 is 23.6 Å². The summed E-state index contributed by atoms with van der Waals surface area (Å²) in [6, 6.07) is 4.78. The zero-order chi connectivity index (χ0) is 24.8. The second kappa shape index (κ2) is 9.02.